The van der Waals surface area contributed by atoms with Crippen LogP contribution in [0.4, 0.5) is 0 Å². The molecule has 1 amide bonds. The lowest BCUT2D eigenvalue weighted by molar-refractivity contribution is 0.0954. The van der Waals surface area contributed by atoms with Crippen LogP contribution in [0.3, 0.4) is 0 Å². The summed E-state index contributed by atoms with van der Waals surface area (Å²) in [5.74, 6) is 5.42. The van der Waals surface area contributed by atoms with Crippen LogP contribution in [-0.2, 0) is 0 Å². The summed E-state index contributed by atoms with van der Waals surface area (Å²) in [6, 6.07) is 1.59. The molecular formula is C11H11ClN2O. The molecule has 1 heterocycles. The Kier molecular flexibility index (Phi) is 4.65. The van der Waals surface area contributed by atoms with Gasteiger partial charge in [0.2, 0.25) is 0 Å². The molecule has 0 atom stereocenters. The molecule has 0 saturated carbocycles. The first-order valence-electron chi connectivity index (χ1n) is 4.53. The van der Waals surface area contributed by atoms with Crippen LogP contribution in [0.1, 0.15) is 23.7 Å². The first-order chi connectivity index (χ1) is 7.25. The lowest BCUT2D eigenvalue weighted by Crippen LogP contribution is -2.24. The van der Waals surface area contributed by atoms with Gasteiger partial charge in [-0.15, -0.1) is 11.8 Å². The number of halogens is 1. The molecular weight excluding hydrogens is 212 g/mol. The number of hydrogen-bond donors (Lipinski definition) is 1. The maximum absolute atomic E-state index is 11.6. The molecule has 3 nitrogen and oxygen atoms in total. The lowest BCUT2D eigenvalue weighted by Gasteiger charge is -2.03. The Morgan fingerprint density at radius 2 is 2.47 bits per heavy atom. The molecule has 1 aromatic heterocycles. The van der Waals surface area contributed by atoms with Crippen LogP contribution in [-0.4, -0.2) is 17.4 Å². The largest absolute Gasteiger partial charge is 0.351 e. The van der Waals surface area contributed by atoms with Gasteiger partial charge in [0.05, 0.1) is 10.6 Å². The third-order valence-corrected chi connectivity index (χ3v) is 2.03. The zero-order chi connectivity index (χ0) is 11.1. The Bertz CT molecular complexity index is 407. The van der Waals surface area contributed by atoms with Gasteiger partial charge < -0.3 is 5.32 Å². The van der Waals surface area contributed by atoms with Crippen LogP contribution in [0.15, 0.2) is 18.5 Å². The van der Waals surface area contributed by atoms with Gasteiger partial charge in [-0.2, -0.15) is 0 Å². The van der Waals surface area contributed by atoms with Crippen LogP contribution in [0.25, 0.3) is 0 Å². The molecule has 0 bridgehead atoms. The molecule has 0 aliphatic heterocycles. The minimum atomic E-state index is -0.194. The average Bonchev–Trinajstić information content (AvgIpc) is 2.25. The summed E-state index contributed by atoms with van der Waals surface area (Å²) in [5, 5.41) is 3.08. The number of pyridine rings is 1. The van der Waals surface area contributed by atoms with Gasteiger partial charge >= 0.3 is 0 Å². The highest BCUT2D eigenvalue weighted by molar-refractivity contribution is 6.33. The van der Waals surface area contributed by atoms with E-state index in [1.165, 1.54) is 12.4 Å². The zero-order valence-corrected chi connectivity index (χ0v) is 9.14. The molecule has 1 N–H and O–H groups in total. The Morgan fingerprint density at radius 3 is 3.13 bits per heavy atom. The number of rotatable bonds is 3. The van der Waals surface area contributed by atoms with Crippen LogP contribution in [0.2, 0.25) is 5.02 Å². The number of carbonyl (C=O) groups is 1. The van der Waals surface area contributed by atoms with Crippen molar-refractivity contribution < 1.29 is 4.79 Å². The molecule has 4 heteroatoms. The minimum absolute atomic E-state index is 0.194. The molecule has 1 rings (SSSR count). The van der Waals surface area contributed by atoms with Crippen molar-refractivity contribution in [1.29, 1.82) is 0 Å². The van der Waals surface area contributed by atoms with Gasteiger partial charge in [0.1, 0.15) is 0 Å². The van der Waals surface area contributed by atoms with Crippen LogP contribution in [0.5, 0.6) is 0 Å². The number of nitrogens with one attached hydrogen (secondary N) is 1. The van der Waals surface area contributed by atoms with E-state index in [4.69, 9.17) is 11.6 Å². The summed E-state index contributed by atoms with van der Waals surface area (Å²) in [4.78, 5) is 15.4. The maximum atomic E-state index is 11.6. The van der Waals surface area contributed by atoms with Gasteiger partial charge in [0.25, 0.3) is 5.91 Å². The first kappa shape index (κ1) is 11.5. The van der Waals surface area contributed by atoms with Crippen LogP contribution >= 0.6 is 11.6 Å². The lowest BCUT2D eigenvalue weighted by atomic mass is 10.2. The summed E-state index contributed by atoms with van der Waals surface area (Å²) in [7, 11) is 0. The standard InChI is InChI=1S/C11H11ClN2O/c1-2-3-4-6-14-11(15)9-5-7-13-8-10(9)12/h5,7-8H,4,6H2,1H3,(H,14,15). The number of nitrogens with zero attached hydrogens (tertiary/aromatic N) is 1. The quantitative estimate of drug-likeness (QED) is 0.627. The van der Waals surface area contributed by atoms with Gasteiger partial charge in [0.15, 0.2) is 0 Å². The predicted octanol–water partition coefficient (Wildman–Crippen LogP) is 1.88. The van der Waals surface area contributed by atoms with Crippen LogP contribution in [0, 0.1) is 11.8 Å². The fraction of sp³-hybridized carbons (Fsp3) is 0.273. The molecule has 1 aromatic rings. The molecule has 0 saturated heterocycles. The van der Waals surface area contributed by atoms with Gasteiger partial charge in [-0.25, -0.2) is 0 Å². The molecule has 0 unspecified atom stereocenters. The van der Waals surface area contributed by atoms with E-state index in [-0.39, 0.29) is 5.91 Å². The molecule has 0 fully saturated rings. The van der Waals surface area contributed by atoms with Crippen molar-refractivity contribution in [2.45, 2.75) is 13.3 Å². The van der Waals surface area contributed by atoms with E-state index in [2.05, 4.69) is 22.1 Å². The van der Waals surface area contributed by atoms with E-state index in [1.807, 2.05) is 0 Å². The average molecular weight is 223 g/mol. The highest BCUT2D eigenvalue weighted by atomic mass is 35.5. The van der Waals surface area contributed by atoms with E-state index in [0.29, 0.717) is 23.6 Å². The minimum Gasteiger partial charge on any atom is -0.351 e. The third kappa shape index (κ3) is 3.61. The molecule has 0 aliphatic carbocycles. The fourth-order valence-corrected chi connectivity index (χ4v) is 1.22. The predicted molar refractivity (Wildman–Crippen MR) is 59.6 cm³/mol. The highest BCUT2D eigenvalue weighted by Gasteiger charge is 2.08. The van der Waals surface area contributed by atoms with E-state index in [9.17, 15) is 4.79 Å². The number of amides is 1. The summed E-state index contributed by atoms with van der Waals surface area (Å²) in [6.07, 6.45) is 3.62. The van der Waals surface area contributed by atoms with E-state index in [1.54, 1.807) is 13.0 Å². The van der Waals surface area contributed by atoms with Crippen molar-refractivity contribution in [3.63, 3.8) is 0 Å². The van der Waals surface area contributed by atoms with Crippen molar-refractivity contribution >= 4 is 17.5 Å². The Morgan fingerprint density at radius 1 is 1.67 bits per heavy atom. The van der Waals surface area contributed by atoms with Gasteiger partial charge in [-0.05, 0) is 13.0 Å². The number of carbonyl (C=O) groups excluding carboxylic acids is 1. The van der Waals surface area contributed by atoms with Crippen LogP contribution < -0.4 is 5.32 Å². The number of hydrogen-bond acceptors (Lipinski definition) is 2. The molecule has 0 spiro atoms. The van der Waals surface area contributed by atoms with Gasteiger partial charge in [-0.3, -0.25) is 9.78 Å². The monoisotopic (exact) mass is 222 g/mol. The summed E-state index contributed by atoms with van der Waals surface area (Å²) in [6.45, 7) is 2.29. The second-order valence-corrected chi connectivity index (χ2v) is 3.20. The molecule has 0 aromatic carbocycles. The highest BCUT2D eigenvalue weighted by Crippen LogP contribution is 2.12. The molecule has 0 radical (unpaired) electrons. The van der Waals surface area contributed by atoms with Crippen molar-refractivity contribution in [2.24, 2.45) is 0 Å². The molecule has 0 aliphatic rings. The normalized spacial score (nSPS) is 8.93. The van der Waals surface area contributed by atoms with Crippen molar-refractivity contribution in [1.82, 2.24) is 10.3 Å². The molecule has 15 heavy (non-hydrogen) atoms. The zero-order valence-electron chi connectivity index (χ0n) is 8.38. The second-order valence-electron chi connectivity index (χ2n) is 2.79. The Balaban J connectivity index is 2.53. The third-order valence-electron chi connectivity index (χ3n) is 1.73. The van der Waals surface area contributed by atoms with Crippen molar-refractivity contribution in [2.75, 3.05) is 6.54 Å². The SMILES string of the molecule is CC#CCCNC(=O)c1ccncc1Cl. The van der Waals surface area contributed by atoms with E-state index < -0.39 is 0 Å². The second kappa shape index (κ2) is 6.05. The van der Waals surface area contributed by atoms with Gasteiger partial charge in [0, 0.05) is 25.4 Å². The summed E-state index contributed by atoms with van der Waals surface area (Å²) in [5.41, 5.74) is 0.441. The Hall–Kier alpha value is -1.53. The smallest absolute Gasteiger partial charge is 0.252 e. The summed E-state index contributed by atoms with van der Waals surface area (Å²) < 4.78 is 0. The Labute approximate surface area is 93.9 Å². The fourth-order valence-electron chi connectivity index (χ4n) is 1.02. The van der Waals surface area contributed by atoms with Gasteiger partial charge in [-0.1, -0.05) is 11.6 Å². The van der Waals surface area contributed by atoms with E-state index in [0.717, 1.165) is 0 Å². The summed E-state index contributed by atoms with van der Waals surface area (Å²) >= 11 is 5.81. The first-order valence-corrected chi connectivity index (χ1v) is 4.91. The van der Waals surface area contributed by atoms with Crippen molar-refractivity contribution in [3.05, 3.63) is 29.0 Å². The van der Waals surface area contributed by atoms with Crippen molar-refractivity contribution in [3.8, 4) is 11.8 Å². The maximum Gasteiger partial charge on any atom is 0.252 e. The molecule has 78 valence electrons. The topological polar surface area (TPSA) is 42.0 Å². The number of aromatic nitrogens is 1. The van der Waals surface area contributed by atoms with E-state index >= 15 is 0 Å².